The van der Waals surface area contributed by atoms with Crippen LogP contribution < -0.4 is 10.1 Å². The van der Waals surface area contributed by atoms with Gasteiger partial charge in [0, 0.05) is 5.56 Å². The summed E-state index contributed by atoms with van der Waals surface area (Å²) in [5.74, 6) is 0.613. The van der Waals surface area contributed by atoms with Gasteiger partial charge < -0.3 is 4.74 Å². The highest BCUT2D eigenvalue weighted by molar-refractivity contribution is 8.01. The molecule has 1 N–H and O–H groups in total. The van der Waals surface area contributed by atoms with Crippen LogP contribution in [0, 0.1) is 13.8 Å². The van der Waals surface area contributed by atoms with E-state index in [-0.39, 0.29) is 24.1 Å². The lowest BCUT2D eigenvalue weighted by Gasteiger charge is -2.05. The molecular formula is C20H19N3O3S2. The van der Waals surface area contributed by atoms with Crippen LogP contribution in [0.5, 0.6) is 5.75 Å². The zero-order valence-electron chi connectivity index (χ0n) is 15.5. The van der Waals surface area contributed by atoms with Gasteiger partial charge in [0.1, 0.15) is 5.75 Å². The van der Waals surface area contributed by atoms with Gasteiger partial charge in [-0.25, -0.2) is 0 Å². The lowest BCUT2D eigenvalue weighted by molar-refractivity contribution is -0.118. The quantitative estimate of drug-likeness (QED) is 0.339. The fourth-order valence-electron chi connectivity index (χ4n) is 2.47. The average molecular weight is 414 g/mol. The second-order valence-electron chi connectivity index (χ2n) is 6.05. The number of hydrogen-bond acceptors (Lipinski definition) is 7. The van der Waals surface area contributed by atoms with Crippen LogP contribution in [0.25, 0.3) is 0 Å². The molecule has 144 valence electrons. The molecule has 0 saturated carbocycles. The second-order valence-corrected chi connectivity index (χ2v) is 8.25. The first kappa shape index (κ1) is 20.0. The van der Waals surface area contributed by atoms with Crippen LogP contribution in [-0.4, -0.2) is 34.2 Å². The lowest BCUT2D eigenvalue weighted by atomic mass is 10.0. The third-order valence-corrected chi connectivity index (χ3v) is 5.75. The number of carbonyl (C=O) groups excluding carboxylic acids is 2. The number of nitrogens with one attached hydrogen (secondary N) is 1. The Hall–Kier alpha value is -2.71. The molecule has 0 fully saturated rings. The first-order chi connectivity index (χ1) is 13.5. The molecule has 0 unspecified atom stereocenters. The fraction of sp³-hybridized carbons (Fsp3) is 0.200. The molecule has 1 amide bonds. The van der Waals surface area contributed by atoms with Gasteiger partial charge in [0.15, 0.2) is 16.7 Å². The van der Waals surface area contributed by atoms with E-state index in [1.165, 1.54) is 23.1 Å². The minimum atomic E-state index is -0.317. The summed E-state index contributed by atoms with van der Waals surface area (Å²) in [7, 11) is 0. The number of hydrogen-bond donors (Lipinski definition) is 1. The largest absolute Gasteiger partial charge is 0.484 e. The molecular weight excluding hydrogens is 394 g/mol. The predicted octanol–water partition coefficient (Wildman–Crippen LogP) is 4.15. The molecule has 0 aliphatic rings. The van der Waals surface area contributed by atoms with Crippen molar-refractivity contribution in [1.29, 1.82) is 0 Å². The maximum atomic E-state index is 12.4. The summed E-state index contributed by atoms with van der Waals surface area (Å²) in [6.07, 6.45) is 0. The first-order valence-corrected chi connectivity index (χ1v) is 10.4. The molecule has 0 aliphatic carbocycles. The van der Waals surface area contributed by atoms with E-state index >= 15 is 0 Å². The highest BCUT2D eigenvalue weighted by Gasteiger charge is 2.13. The van der Waals surface area contributed by atoms with E-state index in [1.807, 2.05) is 50.2 Å². The van der Waals surface area contributed by atoms with Crippen LogP contribution in [0.15, 0.2) is 52.9 Å². The number of para-hydroxylation sites is 1. The molecule has 3 aromatic rings. The van der Waals surface area contributed by atoms with E-state index in [0.717, 1.165) is 11.1 Å². The number of carbonyl (C=O) groups is 2. The number of anilines is 1. The van der Waals surface area contributed by atoms with Gasteiger partial charge >= 0.3 is 0 Å². The smallest absolute Gasteiger partial charge is 0.264 e. The van der Waals surface area contributed by atoms with Crippen molar-refractivity contribution >= 4 is 39.9 Å². The molecule has 6 nitrogen and oxygen atoms in total. The number of aryl methyl sites for hydroxylation is 2. The van der Waals surface area contributed by atoms with Gasteiger partial charge in [-0.05, 0) is 31.5 Å². The Labute approximate surface area is 171 Å². The lowest BCUT2D eigenvalue weighted by Crippen LogP contribution is -2.20. The molecule has 0 aliphatic heterocycles. The highest BCUT2D eigenvalue weighted by atomic mass is 32.2. The summed E-state index contributed by atoms with van der Waals surface area (Å²) in [6.45, 7) is 3.82. The zero-order chi connectivity index (χ0) is 19.9. The van der Waals surface area contributed by atoms with Gasteiger partial charge in [-0.2, -0.15) is 0 Å². The SMILES string of the molecule is Cc1ccc(C(=O)CSc2nnc(NC(=O)COc3ccccc3)s2)c(C)c1. The Balaban J connectivity index is 1.48. The van der Waals surface area contributed by atoms with Gasteiger partial charge in [-0.3, -0.25) is 14.9 Å². The van der Waals surface area contributed by atoms with Crippen LogP contribution in [-0.2, 0) is 4.79 Å². The number of amides is 1. The summed E-state index contributed by atoms with van der Waals surface area (Å²) in [5, 5.41) is 11.0. The van der Waals surface area contributed by atoms with Crippen molar-refractivity contribution in [2.45, 2.75) is 18.2 Å². The van der Waals surface area contributed by atoms with E-state index < -0.39 is 0 Å². The van der Waals surface area contributed by atoms with Crippen molar-refractivity contribution in [3.63, 3.8) is 0 Å². The molecule has 8 heteroatoms. The van der Waals surface area contributed by atoms with E-state index in [0.29, 0.717) is 20.8 Å². The molecule has 3 rings (SSSR count). The highest BCUT2D eigenvalue weighted by Crippen LogP contribution is 2.26. The Morgan fingerprint density at radius 2 is 1.89 bits per heavy atom. The minimum Gasteiger partial charge on any atom is -0.484 e. The molecule has 0 atom stereocenters. The zero-order valence-corrected chi connectivity index (χ0v) is 17.1. The van der Waals surface area contributed by atoms with Gasteiger partial charge in [-0.15, -0.1) is 10.2 Å². The van der Waals surface area contributed by atoms with E-state index in [2.05, 4.69) is 15.5 Å². The van der Waals surface area contributed by atoms with Crippen molar-refractivity contribution in [3.05, 3.63) is 65.2 Å². The van der Waals surface area contributed by atoms with Crippen molar-refractivity contribution < 1.29 is 14.3 Å². The van der Waals surface area contributed by atoms with Crippen molar-refractivity contribution in [3.8, 4) is 5.75 Å². The predicted molar refractivity (Wildman–Crippen MR) is 111 cm³/mol. The number of rotatable bonds is 8. The van der Waals surface area contributed by atoms with Crippen LogP contribution in [0.1, 0.15) is 21.5 Å². The van der Waals surface area contributed by atoms with Crippen molar-refractivity contribution in [2.24, 2.45) is 0 Å². The van der Waals surface area contributed by atoms with Crippen molar-refractivity contribution in [2.75, 3.05) is 17.7 Å². The van der Waals surface area contributed by atoms with Crippen molar-refractivity contribution in [1.82, 2.24) is 10.2 Å². The number of ether oxygens (including phenoxy) is 1. The number of Topliss-reactive ketones (excluding diaryl/α,β-unsaturated/α-hetero) is 1. The topological polar surface area (TPSA) is 81.2 Å². The molecule has 0 radical (unpaired) electrons. The Morgan fingerprint density at radius 1 is 1.11 bits per heavy atom. The maximum absolute atomic E-state index is 12.4. The van der Waals surface area contributed by atoms with Crippen LogP contribution >= 0.6 is 23.1 Å². The molecule has 1 aromatic heterocycles. The summed E-state index contributed by atoms with van der Waals surface area (Å²) >= 11 is 2.53. The third kappa shape index (κ3) is 5.64. The third-order valence-electron chi connectivity index (χ3n) is 3.78. The molecule has 1 heterocycles. The van der Waals surface area contributed by atoms with E-state index in [4.69, 9.17) is 4.74 Å². The Morgan fingerprint density at radius 3 is 2.64 bits per heavy atom. The first-order valence-electron chi connectivity index (χ1n) is 8.56. The fourth-order valence-corrected chi connectivity index (χ4v) is 4.12. The summed E-state index contributed by atoms with van der Waals surface area (Å²) in [6, 6.07) is 14.9. The number of benzene rings is 2. The van der Waals surface area contributed by atoms with Gasteiger partial charge in [0.25, 0.3) is 5.91 Å². The van der Waals surface area contributed by atoms with Gasteiger partial charge in [-0.1, -0.05) is 65.1 Å². The molecule has 0 bridgehead atoms. The van der Waals surface area contributed by atoms with Crippen LogP contribution in [0.3, 0.4) is 0 Å². The van der Waals surface area contributed by atoms with Gasteiger partial charge in [0.2, 0.25) is 5.13 Å². The average Bonchev–Trinajstić information content (AvgIpc) is 3.12. The molecule has 28 heavy (non-hydrogen) atoms. The maximum Gasteiger partial charge on any atom is 0.264 e. The standard InChI is InChI=1S/C20H19N3O3S2/c1-13-8-9-16(14(2)10-13)17(24)12-27-20-23-22-19(28-20)21-18(25)11-26-15-6-4-3-5-7-15/h3-10H,11-12H2,1-2H3,(H,21,22,25). The number of thioether (sulfide) groups is 1. The van der Waals surface area contributed by atoms with Gasteiger partial charge in [0.05, 0.1) is 5.75 Å². The number of ketones is 1. The monoisotopic (exact) mass is 413 g/mol. The minimum absolute atomic E-state index is 0.0412. The molecule has 0 spiro atoms. The molecule has 2 aromatic carbocycles. The number of nitrogens with zero attached hydrogens (tertiary/aromatic N) is 2. The molecule has 0 saturated heterocycles. The van der Waals surface area contributed by atoms with Crippen LogP contribution in [0.4, 0.5) is 5.13 Å². The Kier molecular flexibility index (Phi) is 6.78. The van der Waals surface area contributed by atoms with E-state index in [9.17, 15) is 9.59 Å². The van der Waals surface area contributed by atoms with E-state index in [1.54, 1.807) is 12.1 Å². The Bertz CT molecular complexity index is 974. The summed E-state index contributed by atoms with van der Waals surface area (Å²) in [5.41, 5.74) is 2.81. The summed E-state index contributed by atoms with van der Waals surface area (Å²) in [4.78, 5) is 24.4. The second kappa shape index (κ2) is 9.48. The van der Waals surface area contributed by atoms with Crippen LogP contribution in [0.2, 0.25) is 0 Å². The summed E-state index contributed by atoms with van der Waals surface area (Å²) < 4.78 is 6.01. The normalized spacial score (nSPS) is 10.5. The number of aromatic nitrogens is 2.